The number of likely N-dealkylation sites (tertiary alicyclic amines) is 1. The molecule has 5 heteroatoms. The summed E-state index contributed by atoms with van der Waals surface area (Å²) in [6, 6.07) is 0.424. The Bertz CT molecular complexity index is 367. The fourth-order valence-electron chi connectivity index (χ4n) is 3.50. The minimum absolute atomic E-state index is 0.0362. The van der Waals surface area contributed by atoms with Crippen LogP contribution in [0.4, 0.5) is 0 Å². The lowest BCUT2D eigenvalue weighted by molar-refractivity contribution is 0.0629. The van der Waals surface area contributed by atoms with Gasteiger partial charge < -0.3 is 5.11 Å². The molecule has 3 rings (SSSR count). The SMILES string of the molecule is O=S1(=O)CC(O)C(N2CC3CCC2C3)C1. The van der Waals surface area contributed by atoms with Crippen molar-refractivity contribution < 1.29 is 13.5 Å². The van der Waals surface area contributed by atoms with Gasteiger partial charge >= 0.3 is 0 Å². The van der Waals surface area contributed by atoms with E-state index in [9.17, 15) is 13.5 Å². The first-order chi connectivity index (χ1) is 7.05. The third-order valence-corrected chi connectivity index (χ3v) is 5.87. The molecule has 15 heavy (non-hydrogen) atoms. The number of aliphatic hydroxyl groups excluding tert-OH is 1. The van der Waals surface area contributed by atoms with Gasteiger partial charge in [-0.05, 0) is 25.2 Å². The van der Waals surface area contributed by atoms with Gasteiger partial charge in [-0.2, -0.15) is 0 Å². The standard InChI is InChI=1S/C10H17NO3S/c12-10-6-15(13,14)5-9(10)11-4-7-1-2-8(11)3-7/h7-10,12H,1-6H2. The Hall–Kier alpha value is -0.130. The van der Waals surface area contributed by atoms with Crippen molar-refractivity contribution in [3.05, 3.63) is 0 Å². The summed E-state index contributed by atoms with van der Waals surface area (Å²) in [5.41, 5.74) is 0. The molecule has 1 aliphatic carbocycles. The van der Waals surface area contributed by atoms with E-state index in [-0.39, 0.29) is 17.5 Å². The maximum absolute atomic E-state index is 11.4. The van der Waals surface area contributed by atoms with Crippen molar-refractivity contribution in [3.63, 3.8) is 0 Å². The molecule has 0 spiro atoms. The van der Waals surface area contributed by atoms with E-state index in [0.717, 1.165) is 12.5 Å². The Morgan fingerprint density at radius 3 is 2.47 bits per heavy atom. The molecular formula is C10H17NO3S. The van der Waals surface area contributed by atoms with E-state index in [2.05, 4.69) is 4.90 Å². The number of sulfone groups is 1. The number of rotatable bonds is 1. The smallest absolute Gasteiger partial charge is 0.154 e. The molecule has 1 saturated carbocycles. The van der Waals surface area contributed by atoms with E-state index >= 15 is 0 Å². The van der Waals surface area contributed by atoms with E-state index in [1.807, 2.05) is 0 Å². The average Bonchev–Trinajstić information content (AvgIpc) is 2.78. The van der Waals surface area contributed by atoms with E-state index < -0.39 is 15.9 Å². The molecule has 0 radical (unpaired) electrons. The molecule has 1 N–H and O–H groups in total. The van der Waals surface area contributed by atoms with Crippen LogP contribution in [0.25, 0.3) is 0 Å². The molecule has 4 nitrogen and oxygen atoms in total. The van der Waals surface area contributed by atoms with E-state index in [1.165, 1.54) is 19.3 Å². The lowest BCUT2D eigenvalue weighted by atomic mass is 10.1. The van der Waals surface area contributed by atoms with E-state index in [1.54, 1.807) is 0 Å². The van der Waals surface area contributed by atoms with Crippen LogP contribution >= 0.6 is 0 Å². The maximum Gasteiger partial charge on any atom is 0.154 e. The monoisotopic (exact) mass is 231 g/mol. The summed E-state index contributed by atoms with van der Waals surface area (Å²) >= 11 is 0. The number of aliphatic hydroxyl groups is 1. The van der Waals surface area contributed by atoms with Gasteiger partial charge in [-0.15, -0.1) is 0 Å². The van der Waals surface area contributed by atoms with Gasteiger partial charge in [0.25, 0.3) is 0 Å². The molecule has 86 valence electrons. The third-order valence-electron chi connectivity index (χ3n) is 4.17. The second-order valence-electron chi connectivity index (χ2n) is 5.24. The van der Waals surface area contributed by atoms with Crippen molar-refractivity contribution in [1.82, 2.24) is 4.90 Å². The number of nitrogens with zero attached hydrogens (tertiary/aromatic N) is 1. The van der Waals surface area contributed by atoms with Gasteiger partial charge in [0, 0.05) is 12.6 Å². The first-order valence-electron chi connectivity index (χ1n) is 5.69. The second kappa shape index (κ2) is 3.18. The molecule has 3 fully saturated rings. The van der Waals surface area contributed by atoms with E-state index in [4.69, 9.17) is 0 Å². The second-order valence-corrected chi connectivity index (χ2v) is 7.40. The number of fused-ring (bicyclic) bond motifs is 2. The Labute approximate surface area is 90.2 Å². The summed E-state index contributed by atoms with van der Waals surface area (Å²) in [5, 5.41) is 9.79. The number of hydrogen-bond donors (Lipinski definition) is 1. The van der Waals surface area contributed by atoms with Crippen molar-refractivity contribution in [2.24, 2.45) is 5.92 Å². The van der Waals surface area contributed by atoms with Gasteiger partial charge in [0.15, 0.2) is 9.84 Å². The summed E-state index contributed by atoms with van der Waals surface area (Å²) in [6.45, 7) is 1.00. The summed E-state index contributed by atoms with van der Waals surface area (Å²) in [7, 11) is -2.99. The van der Waals surface area contributed by atoms with E-state index in [0.29, 0.717) is 6.04 Å². The van der Waals surface area contributed by atoms with Gasteiger partial charge in [0.2, 0.25) is 0 Å². The van der Waals surface area contributed by atoms with Crippen molar-refractivity contribution in [3.8, 4) is 0 Å². The summed E-state index contributed by atoms with van der Waals surface area (Å²) < 4.78 is 22.9. The summed E-state index contributed by atoms with van der Waals surface area (Å²) in [6.07, 6.45) is 3.03. The van der Waals surface area contributed by atoms with Crippen molar-refractivity contribution in [2.45, 2.75) is 37.5 Å². The molecule has 2 bridgehead atoms. The Morgan fingerprint density at radius 2 is 2.00 bits per heavy atom. The van der Waals surface area contributed by atoms with Crippen LogP contribution in [0.15, 0.2) is 0 Å². The summed E-state index contributed by atoms with van der Waals surface area (Å²) in [4.78, 5) is 2.25. The van der Waals surface area contributed by atoms with Gasteiger partial charge in [0.1, 0.15) is 0 Å². The van der Waals surface area contributed by atoms with Gasteiger partial charge in [-0.1, -0.05) is 0 Å². The van der Waals surface area contributed by atoms with Crippen molar-refractivity contribution in [1.29, 1.82) is 0 Å². The fraction of sp³-hybridized carbons (Fsp3) is 1.00. The Balaban J connectivity index is 1.78. The zero-order valence-corrected chi connectivity index (χ0v) is 9.49. The van der Waals surface area contributed by atoms with Crippen LogP contribution < -0.4 is 0 Å². The molecule has 4 atom stereocenters. The zero-order valence-electron chi connectivity index (χ0n) is 8.67. The predicted molar refractivity (Wildman–Crippen MR) is 56.3 cm³/mol. The fourth-order valence-corrected chi connectivity index (χ4v) is 5.31. The van der Waals surface area contributed by atoms with Gasteiger partial charge in [-0.3, -0.25) is 4.90 Å². The first-order valence-corrected chi connectivity index (χ1v) is 7.51. The topological polar surface area (TPSA) is 57.6 Å². The molecular weight excluding hydrogens is 214 g/mol. The summed E-state index contributed by atoms with van der Waals surface area (Å²) in [5.74, 6) is 0.883. The van der Waals surface area contributed by atoms with Crippen LogP contribution in [0.5, 0.6) is 0 Å². The Kier molecular flexibility index (Phi) is 2.13. The minimum Gasteiger partial charge on any atom is -0.390 e. The molecule has 2 saturated heterocycles. The maximum atomic E-state index is 11.4. The van der Waals surface area contributed by atoms with Crippen LogP contribution in [0, 0.1) is 5.92 Å². The van der Waals surface area contributed by atoms with Crippen LogP contribution in [0.1, 0.15) is 19.3 Å². The molecule has 4 unspecified atom stereocenters. The molecule has 2 heterocycles. The zero-order chi connectivity index (χ0) is 10.6. The van der Waals surface area contributed by atoms with Gasteiger partial charge in [0.05, 0.1) is 23.7 Å². The third kappa shape index (κ3) is 1.61. The number of hydrogen-bond acceptors (Lipinski definition) is 4. The molecule has 0 aromatic rings. The minimum atomic E-state index is -2.99. The number of piperidine rings is 1. The van der Waals surface area contributed by atoms with Crippen LogP contribution in [0.2, 0.25) is 0 Å². The van der Waals surface area contributed by atoms with Crippen LogP contribution in [0.3, 0.4) is 0 Å². The molecule has 0 amide bonds. The van der Waals surface area contributed by atoms with Crippen molar-refractivity contribution in [2.75, 3.05) is 18.1 Å². The molecule has 0 aromatic heterocycles. The highest BCUT2D eigenvalue weighted by Crippen LogP contribution is 2.40. The average molecular weight is 231 g/mol. The van der Waals surface area contributed by atoms with Gasteiger partial charge in [-0.25, -0.2) is 8.42 Å². The molecule has 2 aliphatic heterocycles. The molecule has 3 aliphatic rings. The van der Waals surface area contributed by atoms with Crippen molar-refractivity contribution >= 4 is 9.84 Å². The van der Waals surface area contributed by atoms with Crippen LogP contribution in [-0.2, 0) is 9.84 Å². The largest absolute Gasteiger partial charge is 0.390 e. The lowest BCUT2D eigenvalue weighted by Crippen LogP contribution is -2.47. The highest BCUT2D eigenvalue weighted by atomic mass is 32.2. The lowest BCUT2D eigenvalue weighted by Gasteiger charge is -2.33. The predicted octanol–water partition coefficient (Wildman–Crippen LogP) is -0.371. The first kappa shape index (κ1) is 10.1. The highest BCUT2D eigenvalue weighted by Gasteiger charge is 2.47. The Morgan fingerprint density at radius 1 is 1.20 bits per heavy atom. The normalized spacial score (nSPS) is 48.9. The van der Waals surface area contributed by atoms with Crippen LogP contribution in [-0.4, -0.2) is 54.7 Å². The quantitative estimate of drug-likeness (QED) is 0.669. The molecule has 0 aromatic carbocycles. The highest BCUT2D eigenvalue weighted by molar-refractivity contribution is 7.91.